The molecule has 12 aliphatic heterocycles. The molecule has 12 rings (SSSR count). The first-order chi connectivity index (χ1) is 67.2. The molecule has 0 saturated carbocycles. The maximum absolute atomic E-state index is 11.8. The van der Waals surface area contributed by atoms with E-state index in [9.17, 15) is 188 Å². The molecular formula is C76H134N2O65+2. The van der Waals surface area contributed by atoms with E-state index in [1.54, 1.807) is 0 Å². The third-order valence-electron chi connectivity index (χ3n) is 24.9. The highest BCUT2D eigenvalue weighted by Crippen LogP contribution is 2.38. The second-order valence-electron chi connectivity index (χ2n) is 34.5. The van der Waals surface area contributed by atoms with Crippen LogP contribution >= 0.6 is 0 Å². The summed E-state index contributed by atoms with van der Waals surface area (Å²) in [7, 11) is 4.56. The number of methoxy groups -OCH3 is 4. The van der Waals surface area contributed by atoms with Crippen molar-refractivity contribution in [1.82, 2.24) is 0 Å². The van der Waals surface area contributed by atoms with Crippen molar-refractivity contribution in [2.75, 3.05) is 81.3 Å². The molecule has 12 saturated heterocycles. The zero-order valence-corrected chi connectivity index (χ0v) is 76.0. The van der Waals surface area contributed by atoms with E-state index >= 15 is 0 Å². The molecule has 67 heteroatoms. The van der Waals surface area contributed by atoms with Gasteiger partial charge in [-0.25, -0.2) is 19.2 Å². The van der Waals surface area contributed by atoms with Gasteiger partial charge in [-0.3, -0.25) is 0 Å². The Hall–Kier alpha value is -4.48. The van der Waals surface area contributed by atoms with Crippen LogP contribution in [0, 0.1) is 0 Å². The molecular weight excluding hydrogens is 1980 g/mol. The number of ether oxygens (including phenoxy) is 23. The van der Waals surface area contributed by atoms with Crippen LogP contribution in [0.2, 0.25) is 0 Å². The maximum atomic E-state index is 11.8. The lowest BCUT2D eigenvalue weighted by molar-refractivity contribution is -0.507. The van der Waals surface area contributed by atoms with Crippen LogP contribution in [-0.4, -0.2) is 655 Å². The summed E-state index contributed by atoms with van der Waals surface area (Å²) < 4.78 is 120. The van der Waals surface area contributed by atoms with Crippen molar-refractivity contribution in [3.8, 4) is 0 Å². The molecule has 0 bridgehead atoms. The number of hydrogen-bond donors (Lipinski definition) is 40. The third-order valence-corrected chi connectivity index (χ3v) is 24.9. The molecule has 0 aromatic heterocycles. The minimum Gasteiger partial charge on any atom is -0.479 e. The molecule has 12 aliphatic rings. The molecule has 0 aliphatic carbocycles. The summed E-state index contributed by atoms with van der Waals surface area (Å²) in [5.41, 5.74) is 7.32. The number of carboxylic acid groups (broad SMARTS) is 4. The fraction of sp³-hybridized carbons (Fsp3) is 0.947. The summed E-state index contributed by atoms with van der Waals surface area (Å²) in [4.78, 5) is 45.7. The fourth-order valence-corrected chi connectivity index (χ4v) is 16.3. The van der Waals surface area contributed by atoms with Gasteiger partial charge in [0.25, 0.3) is 0 Å². The lowest BCUT2D eigenvalue weighted by atomic mass is 9.96. The highest BCUT2D eigenvalue weighted by molar-refractivity contribution is 5.75. The molecule has 12 fully saturated rings. The van der Waals surface area contributed by atoms with E-state index in [4.69, 9.17) is 130 Å². The van der Waals surface area contributed by atoms with Gasteiger partial charge in [-0.2, -0.15) is 0 Å². The number of hydrogen-bond acceptors (Lipinski definition) is 61. The van der Waals surface area contributed by atoms with Gasteiger partial charge in [-0.05, 0) is 0 Å². The van der Waals surface area contributed by atoms with Gasteiger partial charge in [0.1, 0.15) is 232 Å². The predicted octanol–water partition coefficient (Wildman–Crippen LogP) is -27.8. The Morgan fingerprint density at radius 2 is 0.476 bits per heavy atom. The van der Waals surface area contributed by atoms with Gasteiger partial charge in [-0.1, -0.05) is 0 Å². The summed E-state index contributed by atoms with van der Waals surface area (Å²) in [5.74, 6) is -6.14. The number of aliphatic hydroxyl groups is 34. The highest BCUT2D eigenvalue weighted by Gasteiger charge is 2.61. The summed E-state index contributed by atoms with van der Waals surface area (Å²) in [6, 6.07) is -2.36. The van der Waals surface area contributed by atoms with Crippen molar-refractivity contribution in [2.45, 2.75) is 369 Å². The Morgan fingerprint density at radius 3 is 0.832 bits per heavy atom. The monoisotopic (exact) mass is 2110 g/mol. The highest BCUT2D eigenvalue weighted by atomic mass is 16.8. The van der Waals surface area contributed by atoms with Crippen molar-refractivity contribution in [2.24, 2.45) is 0 Å². The summed E-state index contributed by atoms with van der Waals surface area (Å²) in [6.07, 6.45) is -89.1. The molecule has 67 nitrogen and oxygen atoms in total. The van der Waals surface area contributed by atoms with Crippen molar-refractivity contribution in [1.29, 1.82) is 0 Å². The Bertz CT molecular complexity index is 3760. The Morgan fingerprint density at radius 1 is 0.231 bits per heavy atom. The number of aliphatic hydroxyl groups excluding tert-OH is 34. The van der Waals surface area contributed by atoms with Gasteiger partial charge in [0.15, 0.2) is 99.4 Å². The normalized spacial score (nSPS) is 49.2. The first-order valence-electron chi connectivity index (χ1n) is 44.0. The second kappa shape index (κ2) is 55.7. The number of carboxylic acids is 4. The molecule has 12 heterocycles. The van der Waals surface area contributed by atoms with E-state index in [0.29, 0.717) is 0 Å². The zero-order chi connectivity index (χ0) is 107. The van der Waals surface area contributed by atoms with Crippen LogP contribution in [0.3, 0.4) is 0 Å². The molecule has 0 amide bonds. The summed E-state index contributed by atoms with van der Waals surface area (Å²) in [5, 5.41) is 375. The van der Waals surface area contributed by atoms with E-state index in [1.807, 2.05) is 0 Å². The molecule has 0 aromatic rings. The van der Waals surface area contributed by atoms with E-state index in [0.717, 1.165) is 21.3 Å². The predicted molar refractivity (Wildman–Crippen MR) is 428 cm³/mol. The largest absolute Gasteiger partial charge is 0.479 e. The second-order valence-corrected chi connectivity index (χ2v) is 34.5. The molecule has 44 N–H and O–H groups in total. The van der Waals surface area contributed by atoms with Crippen LogP contribution in [0.15, 0.2) is 0 Å². The van der Waals surface area contributed by atoms with Gasteiger partial charge in [0.2, 0.25) is 12.6 Å². The fourth-order valence-electron chi connectivity index (χ4n) is 16.3. The first-order valence-corrected chi connectivity index (χ1v) is 44.0. The van der Waals surface area contributed by atoms with Gasteiger partial charge < -0.3 is 314 Å². The van der Waals surface area contributed by atoms with E-state index < -0.39 is 433 Å². The SMILES string of the molecule is CO[C@H]1OC(C(=O)O)[C@@H](O)C(O)C1O.CO[C@H]1OC(C(=O)O)[C@@H](O[C@H]2OC(CO[C@@H]3CC(O)[C@@H](O)C(CO)O3)[C@@H](O)C(O)C2[NH3+])C(O)C1O.CO[C@H]1OC(C(=O)O)[C@@H](O[C@H]2OC(CO[C@H]3OC(CO)[C@H](O)C(O)C3O)[C@@H](O)C(O)C2[NH3+])C(O)C1O.CO[C@H]1OC(C(=O)O)[C@@H](O[C@H]2OC(CO[C@H]3OC(CO)[C@H](O[C@H]4OC(CO)[C@@H](O)[C@H](O)C4O)[C@H](O)C3O)[C@@H](O)[C@H](O)C2O)[C@H](O)C1O.OCC1O[C@H](O)CC(O)[C@@H]1O. The Kier molecular flexibility index (Phi) is 48.2. The van der Waals surface area contributed by atoms with Crippen molar-refractivity contribution >= 4 is 23.9 Å². The molecule has 0 aromatic carbocycles. The minimum atomic E-state index is -2.03. The van der Waals surface area contributed by atoms with E-state index in [2.05, 4.69) is 16.2 Å². The lowest BCUT2D eigenvalue weighted by Crippen LogP contribution is -2.79. The van der Waals surface area contributed by atoms with Crippen molar-refractivity contribution in [3.05, 3.63) is 0 Å². The topological polar surface area (TPSA) is 1100 Å². The Labute approximate surface area is 805 Å². The summed E-state index contributed by atoms with van der Waals surface area (Å²) in [6.45, 7) is -5.09. The standard InChI is InChI=1S/C25H42O22.C19H33NO16.C19H33NO15.C7H12O7.C6H12O5/c1-40-22-16(36)13(33)19(20(47-22)21(38)39)46-25-15(35)11(31)9(29)7(44-25)4-41-23-17(37)12(32)18(6(3-27)43-23)45-24-14(34)10(30)8(28)5(2-26)42-24;1-31-18-13(28)11(26)14(15(36-18)16(29)30)35-17-6(20)9(24)8(23)5(34-17)3-32-19-12(27)10(25)7(22)4(2-21)33-19;1-30-19-14(27)13(26)15(16(35-19)17(28)29)34-18-9(20)12(25)11(24)7(33-18)4-31-8-2-5(22)10(23)6(3-21)32-8;1-13-7-4(10)2(8)3(9)5(14-7)6(11)12;7-2-4-6(10)3(8)1-5(9)11-4/h5-20,22-37H,2-4H2,1H3,(H,38,39);4-15,17-19,21-28H,2-3,20H2,1H3,(H,29,30);5-16,18-19,21-27H,2-4,20H2,1H3,(H,28,29);2-5,7-10H,1H3,(H,11,12);3-10H,1-2H2/p+2/t5?,6?,7?,8-,9-,10+,11+,12-,13-,14?,15?,16?,17?,18+,19+,20?,22+,23+,24-,25-;4?,5?,6?,7-,8+,9?,10?,11?,12?,13?,14-,15?,17+,18-,19-;5?,6?,7?,8-,9?,10+,11+,12?,13?,14?,15-,16?,18+,19-;2?,3-,4?,5?,7-;3?,4?,5-,6-/m10000/s1. The van der Waals surface area contributed by atoms with E-state index in [1.165, 1.54) is 7.11 Å². The van der Waals surface area contributed by atoms with Crippen LogP contribution in [0.25, 0.3) is 0 Å². The smallest absolute Gasteiger partial charge is 0.335 e. The van der Waals surface area contributed by atoms with Crippen LogP contribution in [-0.2, 0) is 128 Å². The quantitative estimate of drug-likeness (QED) is 0.0318. The van der Waals surface area contributed by atoms with E-state index in [-0.39, 0.29) is 12.8 Å². The molecule has 0 radical (unpaired) electrons. The van der Waals surface area contributed by atoms with Crippen molar-refractivity contribution < 1.29 is 334 Å². The average Bonchev–Trinajstić information content (AvgIpc) is 0.790. The first kappa shape index (κ1) is 124. The Balaban J connectivity index is 0.000000235. The molecule has 58 atom stereocenters. The average molecular weight is 2120 g/mol. The van der Waals surface area contributed by atoms with Gasteiger partial charge in [-0.15, -0.1) is 0 Å². The molecule has 0 spiro atoms. The minimum absolute atomic E-state index is 0.0162. The molecule has 836 valence electrons. The zero-order valence-electron chi connectivity index (χ0n) is 76.0. The van der Waals surface area contributed by atoms with Gasteiger partial charge >= 0.3 is 23.9 Å². The molecule has 143 heavy (non-hydrogen) atoms. The lowest BCUT2D eigenvalue weighted by Gasteiger charge is -2.47. The van der Waals surface area contributed by atoms with Crippen LogP contribution in [0.1, 0.15) is 12.8 Å². The van der Waals surface area contributed by atoms with Crippen molar-refractivity contribution in [3.63, 3.8) is 0 Å². The number of rotatable bonds is 30. The molecule has 30 unspecified atom stereocenters. The van der Waals surface area contributed by atoms with Crippen LogP contribution in [0.5, 0.6) is 0 Å². The van der Waals surface area contributed by atoms with Crippen LogP contribution in [0.4, 0.5) is 0 Å². The van der Waals surface area contributed by atoms with Crippen LogP contribution < -0.4 is 11.5 Å². The summed E-state index contributed by atoms with van der Waals surface area (Å²) >= 11 is 0. The third kappa shape index (κ3) is 29.5. The van der Waals surface area contributed by atoms with Gasteiger partial charge in [0.05, 0.1) is 65.1 Å². The number of quaternary nitrogens is 2. The maximum Gasteiger partial charge on any atom is 0.335 e. The van der Waals surface area contributed by atoms with Gasteiger partial charge in [0, 0.05) is 41.3 Å². The number of aliphatic carboxylic acids is 4. The number of carbonyl (C=O) groups is 4.